The van der Waals surface area contributed by atoms with Crippen LogP contribution in [0.15, 0.2) is 78.9 Å². The number of hydrogen-bond donors (Lipinski definition) is 2. The van der Waals surface area contributed by atoms with Gasteiger partial charge in [-0.15, -0.1) is 0 Å². The molecule has 5 aromatic rings. The van der Waals surface area contributed by atoms with E-state index in [-0.39, 0.29) is 12.5 Å². The fourth-order valence-corrected chi connectivity index (χ4v) is 4.30. The Morgan fingerprint density at radius 2 is 1.74 bits per heavy atom. The van der Waals surface area contributed by atoms with Crippen molar-refractivity contribution in [2.75, 3.05) is 0 Å². The lowest BCUT2D eigenvalue weighted by atomic mass is 10.1. The normalized spacial score (nSPS) is 12.1. The van der Waals surface area contributed by atoms with Crippen LogP contribution in [-0.2, 0) is 18.4 Å². The molecule has 0 bridgehead atoms. The third-order valence-electron chi connectivity index (χ3n) is 5.89. The molecule has 0 spiro atoms. The van der Waals surface area contributed by atoms with Gasteiger partial charge in [-0.25, -0.2) is 4.98 Å². The molecule has 0 saturated heterocycles. The number of H-pyrrole nitrogens is 1. The van der Waals surface area contributed by atoms with Crippen LogP contribution in [0.2, 0.25) is 0 Å². The lowest BCUT2D eigenvalue weighted by molar-refractivity contribution is -0.122. The predicted octanol–water partition coefficient (Wildman–Crippen LogP) is 4.71. The lowest BCUT2D eigenvalue weighted by Gasteiger charge is -2.19. The second-order valence-corrected chi connectivity index (χ2v) is 8.62. The Hall–Kier alpha value is -4.04. The Labute approximate surface area is 202 Å². The van der Waals surface area contributed by atoms with Gasteiger partial charge in [-0.1, -0.05) is 72.3 Å². The Balaban J connectivity index is 1.48. The Bertz CT molecular complexity index is 1510. The van der Waals surface area contributed by atoms with Crippen LogP contribution in [0.5, 0.6) is 0 Å². The molecule has 0 aliphatic rings. The number of aromatic nitrogens is 5. The van der Waals surface area contributed by atoms with Crippen LogP contribution >= 0.6 is 12.2 Å². The van der Waals surface area contributed by atoms with E-state index in [2.05, 4.69) is 15.5 Å². The van der Waals surface area contributed by atoms with Crippen molar-refractivity contribution in [1.29, 1.82) is 0 Å². The van der Waals surface area contributed by atoms with Crippen molar-refractivity contribution in [1.82, 2.24) is 29.6 Å². The molecule has 2 aromatic heterocycles. The molecule has 0 aliphatic heterocycles. The highest BCUT2D eigenvalue weighted by Gasteiger charge is 2.23. The van der Waals surface area contributed by atoms with Gasteiger partial charge in [0.1, 0.15) is 18.4 Å². The summed E-state index contributed by atoms with van der Waals surface area (Å²) >= 11 is 5.43. The average molecular weight is 469 g/mol. The van der Waals surface area contributed by atoms with Crippen LogP contribution in [0.1, 0.15) is 23.0 Å². The van der Waals surface area contributed by atoms with Gasteiger partial charge < -0.3 is 9.88 Å². The molecule has 3 aromatic carbocycles. The smallest absolute Gasteiger partial charge is 0.240 e. The monoisotopic (exact) mass is 468 g/mol. The molecule has 0 aliphatic carbocycles. The highest BCUT2D eigenvalue weighted by molar-refractivity contribution is 7.71. The summed E-state index contributed by atoms with van der Waals surface area (Å²) in [5, 5.41) is 10.3. The van der Waals surface area contributed by atoms with Crippen molar-refractivity contribution in [2.45, 2.75) is 19.5 Å². The highest BCUT2D eigenvalue weighted by Crippen LogP contribution is 2.25. The van der Waals surface area contributed by atoms with Gasteiger partial charge in [-0.2, -0.15) is 5.10 Å². The first kappa shape index (κ1) is 21.8. The van der Waals surface area contributed by atoms with Gasteiger partial charge in [0.15, 0.2) is 10.6 Å². The zero-order chi connectivity index (χ0) is 23.7. The fourth-order valence-electron chi connectivity index (χ4n) is 4.10. The van der Waals surface area contributed by atoms with Gasteiger partial charge in [0.2, 0.25) is 5.91 Å². The second-order valence-electron chi connectivity index (χ2n) is 8.23. The summed E-state index contributed by atoms with van der Waals surface area (Å²) in [4.78, 5) is 18.2. The Morgan fingerprint density at radius 1 is 1.03 bits per heavy atom. The third kappa shape index (κ3) is 4.15. The van der Waals surface area contributed by atoms with E-state index in [0.29, 0.717) is 10.6 Å². The van der Waals surface area contributed by atoms with Crippen molar-refractivity contribution in [3.63, 3.8) is 0 Å². The van der Waals surface area contributed by atoms with Crippen molar-refractivity contribution < 1.29 is 4.79 Å². The van der Waals surface area contributed by atoms with E-state index in [4.69, 9.17) is 17.2 Å². The van der Waals surface area contributed by atoms with Crippen LogP contribution in [0, 0.1) is 11.7 Å². The number of imidazole rings is 1. The zero-order valence-electron chi connectivity index (χ0n) is 18.9. The summed E-state index contributed by atoms with van der Waals surface area (Å²) in [5.41, 5.74) is 4.88. The van der Waals surface area contributed by atoms with E-state index < -0.39 is 6.04 Å². The molecule has 2 heterocycles. The maximum absolute atomic E-state index is 13.3. The fraction of sp³-hybridized carbons (Fsp3) is 0.154. The molecular formula is C26H24N6OS. The number of aryl methyl sites for hydroxylation is 2. The third-order valence-corrected chi connectivity index (χ3v) is 6.20. The maximum Gasteiger partial charge on any atom is 0.240 e. The van der Waals surface area contributed by atoms with Crippen molar-refractivity contribution in [2.24, 2.45) is 7.05 Å². The molecule has 1 amide bonds. The van der Waals surface area contributed by atoms with E-state index in [1.54, 1.807) is 4.57 Å². The minimum absolute atomic E-state index is 0.0336. The van der Waals surface area contributed by atoms with Gasteiger partial charge in [0.05, 0.1) is 11.0 Å². The quantitative estimate of drug-likeness (QED) is 0.354. The number of benzene rings is 3. The minimum Gasteiger partial charge on any atom is -0.341 e. The molecule has 0 radical (unpaired) electrons. The van der Waals surface area contributed by atoms with E-state index in [9.17, 15) is 4.79 Å². The first-order valence-corrected chi connectivity index (χ1v) is 11.4. The number of rotatable bonds is 6. The summed E-state index contributed by atoms with van der Waals surface area (Å²) in [7, 11) is 1.97. The zero-order valence-corrected chi connectivity index (χ0v) is 19.7. The molecule has 0 saturated carbocycles. The number of carbonyl (C=O) groups excluding carboxylic acids is 1. The topological polar surface area (TPSA) is 80.5 Å². The highest BCUT2D eigenvalue weighted by atomic mass is 32.1. The molecule has 7 nitrogen and oxygen atoms in total. The van der Waals surface area contributed by atoms with Gasteiger partial charge >= 0.3 is 0 Å². The molecule has 8 heteroatoms. The Morgan fingerprint density at radius 3 is 2.47 bits per heavy atom. The summed E-state index contributed by atoms with van der Waals surface area (Å²) in [6.07, 6.45) is 0. The second kappa shape index (κ2) is 9.07. The molecular weight excluding hydrogens is 444 g/mol. The molecule has 0 fully saturated rings. The SMILES string of the molecule is Cc1ccc(-c2n[nH]c(=S)n2CC(=O)NC(c2ccccc2)c2nc3ccccc3n2C)cc1. The predicted molar refractivity (Wildman–Crippen MR) is 135 cm³/mol. The van der Waals surface area contributed by atoms with E-state index in [1.165, 1.54) is 0 Å². The number of amides is 1. The van der Waals surface area contributed by atoms with Gasteiger partial charge in [-0.05, 0) is 36.8 Å². The largest absolute Gasteiger partial charge is 0.341 e. The first-order chi connectivity index (χ1) is 16.5. The first-order valence-electron chi connectivity index (χ1n) is 11.0. The summed E-state index contributed by atoms with van der Waals surface area (Å²) in [5.74, 6) is 1.20. The van der Waals surface area contributed by atoms with Crippen LogP contribution < -0.4 is 5.32 Å². The Kier molecular flexibility index (Phi) is 5.81. The maximum atomic E-state index is 13.3. The van der Waals surface area contributed by atoms with Gasteiger partial charge in [-0.3, -0.25) is 14.5 Å². The van der Waals surface area contributed by atoms with E-state index >= 15 is 0 Å². The summed E-state index contributed by atoms with van der Waals surface area (Å²) in [6, 6.07) is 25.3. The number of fused-ring (bicyclic) bond motifs is 1. The minimum atomic E-state index is -0.421. The summed E-state index contributed by atoms with van der Waals surface area (Å²) < 4.78 is 4.13. The van der Waals surface area contributed by atoms with Gasteiger partial charge in [0.25, 0.3) is 0 Å². The number of carbonyl (C=O) groups is 1. The van der Waals surface area contributed by atoms with Crippen molar-refractivity contribution >= 4 is 29.2 Å². The van der Waals surface area contributed by atoms with E-state index in [0.717, 1.165) is 33.5 Å². The number of hydrogen-bond acceptors (Lipinski definition) is 4. The molecule has 5 rings (SSSR count). The number of nitrogens with one attached hydrogen (secondary N) is 2. The number of aromatic amines is 1. The lowest BCUT2D eigenvalue weighted by Crippen LogP contribution is -2.33. The average Bonchev–Trinajstić information content (AvgIpc) is 3.38. The number of para-hydroxylation sites is 2. The van der Waals surface area contributed by atoms with Crippen molar-refractivity contribution in [3.8, 4) is 11.4 Å². The number of nitrogens with zero attached hydrogens (tertiary/aromatic N) is 4. The molecule has 1 atom stereocenters. The van der Waals surface area contributed by atoms with Crippen LogP contribution in [0.3, 0.4) is 0 Å². The van der Waals surface area contributed by atoms with E-state index in [1.807, 2.05) is 97.4 Å². The van der Waals surface area contributed by atoms with Crippen molar-refractivity contribution in [3.05, 3.63) is 101 Å². The van der Waals surface area contributed by atoms with Crippen LogP contribution in [0.4, 0.5) is 0 Å². The van der Waals surface area contributed by atoms with Crippen LogP contribution in [0.25, 0.3) is 22.4 Å². The summed E-state index contributed by atoms with van der Waals surface area (Å²) in [6.45, 7) is 2.06. The molecule has 2 N–H and O–H groups in total. The van der Waals surface area contributed by atoms with Crippen LogP contribution in [-0.4, -0.2) is 30.2 Å². The van der Waals surface area contributed by atoms with Gasteiger partial charge in [0, 0.05) is 12.6 Å². The molecule has 1 unspecified atom stereocenters. The standard InChI is InChI=1S/C26H24N6OS/c1-17-12-14-19(15-13-17)24-29-30-26(34)32(24)16-22(33)28-23(18-8-4-3-5-9-18)25-27-20-10-6-7-11-21(20)31(25)2/h3-15,23H,16H2,1-2H3,(H,28,33)(H,30,34). The molecule has 170 valence electrons. The molecule has 34 heavy (non-hydrogen) atoms.